The molecule has 1 aromatic heterocycles. The molecule has 1 nitrogen and oxygen atoms in total. The summed E-state index contributed by atoms with van der Waals surface area (Å²) < 4.78 is 0. The van der Waals surface area contributed by atoms with Gasteiger partial charge in [-0.1, -0.05) is 44.5 Å². The monoisotopic (exact) mass is 207 g/mol. The van der Waals surface area contributed by atoms with Gasteiger partial charge in [-0.3, -0.25) is 0 Å². The van der Waals surface area contributed by atoms with Crippen molar-refractivity contribution in [3.63, 3.8) is 0 Å². The van der Waals surface area contributed by atoms with Crippen LogP contribution in [0.25, 0.3) is 10.9 Å². The lowest BCUT2D eigenvalue weighted by molar-refractivity contribution is 0.596. The van der Waals surface area contributed by atoms with Crippen LogP contribution < -0.4 is 0 Å². The summed E-state index contributed by atoms with van der Waals surface area (Å²) in [4.78, 5) is 3.23. The van der Waals surface area contributed by atoms with Gasteiger partial charge in [0.1, 0.15) is 0 Å². The van der Waals surface area contributed by atoms with E-state index >= 15 is 0 Å². The molecule has 0 fully saturated rings. The van der Waals surface area contributed by atoms with Crippen molar-refractivity contribution < 1.29 is 0 Å². The van der Waals surface area contributed by atoms with E-state index in [1.807, 2.05) is 12.1 Å². The Bertz CT molecular complexity index is 463. The Morgan fingerprint density at radius 1 is 1.21 bits per heavy atom. The van der Waals surface area contributed by atoms with Crippen molar-refractivity contribution in [1.29, 1.82) is 0 Å². The number of para-hydroxylation sites is 1. The zero-order valence-electron chi connectivity index (χ0n) is 8.69. The molecule has 0 radical (unpaired) electrons. The van der Waals surface area contributed by atoms with Gasteiger partial charge in [0.25, 0.3) is 0 Å². The zero-order chi connectivity index (χ0) is 10.3. The van der Waals surface area contributed by atoms with Crippen molar-refractivity contribution in [1.82, 2.24) is 4.98 Å². The summed E-state index contributed by atoms with van der Waals surface area (Å²) in [6.45, 7) is 6.61. The van der Waals surface area contributed by atoms with Gasteiger partial charge in [0.2, 0.25) is 0 Å². The molecular formula is C12H14ClN. The molecule has 2 aromatic rings. The Morgan fingerprint density at radius 2 is 1.93 bits per heavy atom. The average Bonchev–Trinajstić information content (AvgIpc) is 2.47. The summed E-state index contributed by atoms with van der Waals surface area (Å²) in [5.41, 5.74) is 2.51. The number of H-pyrrole nitrogens is 1. The summed E-state index contributed by atoms with van der Waals surface area (Å²) in [5.74, 6) is 0. The molecular weight excluding hydrogens is 194 g/mol. The van der Waals surface area contributed by atoms with E-state index < -0.39 is 0 Å². The van der Waals surface area contributed by atoms with Gasteiger partial charge >= 0.3 is 0 Å². The fourth-order valence-electron chi connectivity index (χ4n) is 1.74. The van der Waals surface area contributed by atoms with Gasteiger partial charge in [0.15, 0.2) is 0 Å². The predicted octanol–water partition coefficient (Wildman–Crippen LogP) is 4.12. The van der Waals surface area contributed by atoms with Crippen LogP contribution in [0.15, 0.2) is 24.4 Å². The number of hydrogen-bond acceptors (Lipinski definition) is 0. The van der Waals surface area contributed by atoms with Gasteiger partial charge in [0, 0.05) is 11.6 Å². The van der Waals surface area contributed by atoms with E-state index in [0.29, 0.717) is 0 Å². The van der Waals surface area contributed by atoms with E-state index in [2.05, 4.69) is 38.0 Å². The molecule has 0 saturated carbocycles. The topological polar surface area (TPSA) is 15.8 Å². The van der Waals surface area contributed by atoms with E-state index in [4.69, 9.17) is 11.6 Å². The lowest BCUT2D eigenvalue weighted by Gasteiger charge is -2.17. The molecule has 0 bridgehead atoms. The second-order valence-corrected chi connectivity index (χ2v) is 5.02. The number of nitrogens with one attached hydrogen (secondary N) is 1. The first-order valence-corrected chi connectivity index (χ1v) is 5.14. The second-order valence-electron chi connectivity index (χ2n) is 4.61. The molecule has 74 valence electrons. The Balaban J connectivity index is 2.76. The molecule has 0 aliphatic rings. The fraction of sp³-hybridized carbons (Fsp3) is 0.333. The Hall–Kier alpha value is -0.950. The lowest BCUT2D eigenvalue weighted by Crippen LogP contribution is -2.09. The van der Waals surface area contributed by atoms with Gasteiger partial charge in [-0.2, -0.15) is 0 Å². The van der Waals surface area contributed by atoms with Crippen molar-refractivity contribution in [2.24, 2.45) is 0 Å². The molecule has 0 atom stereocenters. The molecule has 0 unspecified atom stereocenters. The smallest absolute Gasteiger partial charge is 0.0647 e. The van der Waals surface area contributed by atoms with Crippen molar-refractivity contribution in [3.8, 4) is 0 Å². The molecule has 1 N–H and O–H groups in total. The van der Waals surface area contributed by atoms with E-state index in [0.717, 1.165) is 10.5 Å². The van der Waals surface area contributed by atoms with E-state index in [-0.39, 0.29) is 5.41 Å². The third-order valence-electron chi connectivity index (χ3n) is 2.47. The standard InChI is InChI=1S/C12H14ClN/c1-12(2,3)9-7-14-11-8(9)5-4-6-10(11)13/h4-7,14H,1-3H3. The number of aromatic amines is 1. The highest BCUT2D eigenvalue weighted by Gasteiger charge is 2.18. The van der Waals surface area contributed by atoms with E-state index in [1.165, 1.54) is 10.9 Å². The van der Waals surface area contributed by atoms with Crippen LogP contribution in [-0.2, 0) is 5.41 Å². The Labute approximate surface area is 89.1 Å². The highest BCUT2D eigenvalue weighted by atomic mass is 35.5. The number of hydrogen-bond donors (Lipinski definition) is 1. The van der Waals surface area contributed by atoms with Crippen LogP contribution in [0.1, 0.15) is 26.3 Å². The largest absolute Gasteiger partial charge is 0.360 e. The number of halogens is 1. The summed E-state index contributed by atoms with van der Waals surface area (Å²) in [7, 11) is 0. The van der Waals surface area contributed by atoms with Crippen molar-refractivity contribution in [2.45, 2.75) is 26.2 Å². The number of benzene rings is 1. The maximum atomic E-state index is 6.09. The summed E-state index contributed by atoms with van der Waals surface area (Å²) >= 11 is 6.09. The first kappa shape index (κ1) is 9.60. The van der Waals surface area contributed by atoms with Crippen LogP contribution >= 0.6 is 11.6 Å². The van der Waals surface area contributed by atoms with E-state index in [9.17, 15) is 0 Å². The highest BCUT2D eigenvalue weighted by molar-refractivity contribution is 6.35. The first-order valence-electron chi connectivity index (χ1n) is 4.76. The minimum atomic E-state index is 0.156. The van der Waals surface area contributed by atoms with Crippen molar-refractivity contribution >= 4 is 22.5 Å². The van der Waals surface area contributed by atoms with Gasteiger partial charge in [-0.05, 0) is 17.0 Å². The molecule has 1 aromatic carbocycles. The van der Waals surface area contributed by atoms with Gasteiger partial charge < -0.3 is 4.98 Å². The molecule has 0 spiro atoms. The molecule has 14 heavy (non-hydrogen) atoms. The van der Waals surface area contributed by atoms with Gasteiger partial charge in [-0.15, -0.1) is 0 Å². The maximum Gasteiger partial charge on any atom is 0.0647 e. The molecule has 1 heterocycles. The maximum absolute atomic E-state index is 6.09. The number of aromatic nitrogens is 1. The lowest BCUT2D eigenvalue weighted by atomic mass is 9.87. The minimum absolute atomic E-state index is 0.156. The number of fused-ring (bicyclic) bond motifs is 1. The van der Waals surface area contributed by atoms with Crippen LogP contribution in [0.5, 0.6) is 0 Å². The van der Waals surface area contributed by atoms with Crippen molar-refractivity contribution in [3.05, 3.63) is 35.0 Å². The van der Waals surface area contributed by atoms with Crippen LogP contribution in [-0.4, -0.2) is 4.98 Å². The molecule has 0 aliphatic heterocycles. The second kappa shape index (κ2) is 3.03. The molecule has 0 saturated heterocycles. The SMILES string of the molecule is CC(C)(C)c1c[nH]c2c(Cl)cccc12. The van der Waals surface area contributed by atoms with Crippen LogP contribution in [0.4, 0.5) is 0 Å². The van der Waals surface area contributed by atoms with E-state index in [1.54, 1.807) is 0 Å². The molecule has 2 rings (SSSR count). The molecule has 0 amide bonds. The quantitative estimate of drug-likeness (QED) is 0.669. The normalized spacial score (nSPS) is 12.3. The zero-order valence-corrected chi connectivity index (χ0v) is 9.44. The Morgan fingerprint density at radius 3 is 2.57 bits per heavy atom. The van der Waals surface area contributed by atoms with Crippen LogP contribution in [0.3, 0.4) is 0 Å². The highest BCUT2D eigenvalue weighted by Crippen LogP contribution is 2.32. The van der Waals surface area contributed by atoms with Gasteiger partial charge in [-0.25, -0.2) is 0 Å². The summed E-state index contributed by atoms with van der Waals surface area (Å²) in [5, 5.41) is 2.02. The van der Waals surface area contributed by atoms with Crippen LogP contribution in [0.2, 0.25) is 5.02 Å². The predicted molar refractivity (Wildman–Crippen MR) is 62.0 cm³/mol. The summed E-state index contributed by atoms with van der Waals surface area (Å²) in [6.07, 6.45) is 2.05. The fourth-order valence-corrected chi connectivity index (χ4v) is 1.97. The average molecular weight is 208 g/mol. The molecule has 0 aliphatic carbocycles. The minimum Gasteiger partial charge on any atom is -0.360 e. The van der Waals surface area contributed by atoms with Crippen LogP contribution in [0, 0.1) is 0 Å². The third-order valence-corrected chi connectivity index (χ3v) is 2.79. The van der Waals surface area contributed by atoms with Crippen molar-refractivity contribution in [2.75, 3.05) is 0 Å². The van der Waals surface area contributed by atoms with Gasteiger partial charge in [0.05, 0.1) is 10.5 Å². The summed E-state index contributed by atoms with van der Waals surface area (Å²) in [6, 6.07) is 6.01. The third kappa shape index (κ3) is 1.42. The Kier molecular flexibility index (Phi) is 2.07. The number of rotatable bonds is 0. The molecule has 2 heteroatoms. The first-order chi connectivity index (χ1) is 6.50.